The molecule has 4 aliphatic rings. The molecule has 35 heavy (non-hydrogen) atoms. The Morgan fingerprint density at radius 1 is 1.03 bits per heavy atom. The SMILES string of the molecule is Cc1c(Nc2ncc3ccc(N4C(=O)C5CCC4C5)cc3n2)cnn1C1CCN(C2COC2)CC1. The first kappa shape index (κ1) is 21.3. The van der Waals surface area contributed by atoms with E-state index < -0.39 is 0 Å². The van der Waals surface area contributed by atoms with Crippen molar-refractivity contribution in [1.29, 1.82) is 0 Å². The van der Waals surface area contributed by atoms with Gasteiger partial charge in [0.15, 0.2) is 0 Å². The van der Waals surface area contributed by atoms with Gasteiger partial charge in [-0.1, -0.05) is 0 Å². The zero-order valence-corrected chi connectivity index (χ0v) is 20.1. The van der Waals surface area contributed by atoms with Crippen LogP contribution in [0.25, 0.3) is 10.9 Å². The predicted molar refractivity (Wildman–Crippen MR) is 133 cm³/mol. The van der Waals surface area contributed by atoms with E-state index >= 15 is 0 Å². The largest absolute Gasteiger partial charge is 0.378 e. The van der Waals surface area contributed by atoms with Gasteiger partial charge in [0.05, 0.1) is 48.4 Å². The third kappa shape index (κ3) is 3.60. The fraction of sp³-hybridized carbons (Fsp3) is 0.538. The van der Waals surface area contributed by atoms with Crippen LogP contribution in [-0.4, -0.2) is 68.9 Å². The van der Waals surface area contributed by atoms with Crippen molar-refractivity contribution in [3.8, 4) is 0 Å². The van der Waals surface area contributed by atoms with E-state index in [4.69, 9.17) is 14.8 Å². The Labute approximate surface area is 204 Å². The third-order valence-corrected chi connectivity index (χ3v) is 8.47. The quantitative estimate of drug-likeness (QED) is 0.607. The number of piperidine rings is 2. The molecular formula is C26H31N7O2. The number of ether oxygens (including phenoxy) is 1. The Bertz CT molecular complexity index is 1280. The van der Waals surface area contributed by atoms with Gasteiger partial charge in [-0.15, -0.1) is 0 Å². The topological polar surface area (TPSA) is 88.4 Å². The maximum atomic E-state index is 12.7. The molecule has 1 saturated carbocycles. The van der Waals surface area contributed by atoms with Gasteiger partial charge in [-0.2, -0.15) is 5.10 Å². The highest BCUT2D eigenvalue weighted by atomic mass is 16.5. The molecule has 182 valence electrons. The second kappa shape index (κ2) is 8.27. The van der Waals surface area contributed by atoms with Crippen LogP contribution >= 0.6 is 0 Å². The number of hydrogen-bond acceptors (Lipinski definition) is 7. The number of amides is 1. The van der Waals surface area contributed by atoms with Crippen LogP contribution in [0.1, 0.15) is 43.8 Å². The predicted octanol–water partition coefficient (Wildman–Crippen LogP) is 3.43. The molecule has 2 unspecified atom stereocenters. The number of nitrogens with zero attached hydrogens (tertiary/aromatic N) is 6. The van der Waals surface area contributed by atoms with E-state index in [0.717, 1.165) is 86.4 Å². The van der Waals surface area contributed by atoms with Crippen LogP contribution in [0.2, 0.25) is 0 Å². The highest BCUT2D eigenvalue weighted by Crippen LogP contribution is 2.41. The average molecular weight is 474 g/mol. The minimum atomic E-state index is 0.206. The standard InChI is InChI=1S/C26H31N7O2/c1-16-24(13-28-33(16)19-6-8-31(9-7-19)22-14-35-15-22)30-26-27-12-18-3-5-21(11-23(18)29-26)32-20-4-2-17(10-20)25(32)34/h3,5,11-13,17,19-20,22H,2,4,6-10,14-15H2,1H3,(H,27,29,30). The second-order valence-electron chi connectivity index (χ2n) is 10.5. The summed E-state index contributed by atoms with van der Waals surface area (Å²) in [6.45, 7) is 6.05. The molecule has 4 fully saturated rings. The van der Waals surface area contributed by atoms with Crippen molar-refractivity contribution in [3.63, 3.8) is 0 Å². The summed E-state index contributed by atoms with van der Waals surface area (Å²) >= 11 is 0. The number of nitrogens with one attached hydrogen (secondary N) is 1. The lowest BCUT2D eigenvalue weighted by molar-refractivity contribution is -0.121. The molecule has 1 N–H and O–H groups in total. The van der Waals surface area contributed by atoms with Gasteiger partial charge in [0.1, 0.15) is 0 Å². The average Bonchev–Trinajstić information content (AvgIpc) is 3.54. The summed E-state index contributed by atoms with van der Waals surface area (Å²) in [5, 5.41) is 9.06. The zero-order valence-electron chi connectivity index (χ0n) is 20.1. The van der Waals surface area contributed by atoms with E-state index in [-0.39, 0.29) is 11.8 Å². The van der Waals surface area contributed by atoms with Gasteiger partial charge in [-0.3, -0.25) is 14.4 Å². The second-order valence-corrected chi connectivity index (χ2v) is 10.5. The first-order valence-corrected chi connectivity index (χ1v) is 12.9. The van der Waals surface area contributed by atoms with Gasteiger partial charge >= 0.3 is 0 Å². The van der Waals surface area contributed by atoms with Gasteiger partial charge in [0, 0.05) is 42.3 Å². The first-order valence-electron chi connectivity index (χ1n) is 12.9. The Balaban J connectivity index is 1.08. The van der Waals surface area contributed by atoms with Crippen LogP contribution in [0, 0.1) is 12.8 Å². The van der Waals surface area contributed by atoms with Crippen molar-refractivity contribution in [2.45, 2.75) is 57.2 Å². The van der Waals surface area contributed by atoms with E-state index in [0.29, 0.717) is 24.1 Å². The van der Waals surface area contributed by atoms with Gasteiger partial charge in [0.25, 0.3) is 0 Å². The molecule has 5 heterocycles. The van der Waals surface area contributed by atoms with Crippen molar-refractivity contribution in [2.24, 2.45) is 5.92 Å². The molecule has 0 radical (unpaired) electrons. The summed E-state index contributed by atoms with van der Waals surface area (Å²) in [7, 11) is 0. The molecule has 9 nitrogen and oxygen atoms in total. The summed E-state index contributed by atoms with van der Waals surface area (Å²) in [4.78, 5) is 26.6. The van der Waals surface area contributed by atoms with Gasteiger partial charge in [0.2, 0.25) is 11.9 Å². The summed E-state index contributed by atoms with van der Waals surface area (Å²) in [6.07, 6.45) is 9.05. The van der Waals surface area contributed by atoms with E-state index in [1.165, 1.54) is 0 Å². The van der Waals surface area contributed by atoms with Crippen molar-refractivity contribution in [3.05, 3.63) is 36.3 Å². The highest BCUT2D eigenvalue weighted by Gasteiger charge is 2.45. The Morgan fingerprint density at radius 2 is 1.89 bits per heavy atom. The normalized spacial score (nSPS) is 25.5. The number of benzene rings is 1. The van der Waals surface area contributed by atoms with E-state index in [1.807, 2.05) is 35.5 Å². The lowest BCUT2D eigenvalue weighted by atomic mass is 10.0. The van der Waals surface area contributed by atoms with E-state index in [1.54, 1.807) is 0 Å². The lowest BCUT2D eigenvalue weighted by Crippen LogP contribution is -2.52. The number of aromatic nitrogens is 4. The van der Waals surface area contributed by atoms with Crippen molar-refractivity contribution >= 4 is 34.1 Å². The van der Waals surface area contributed by atoms with Crippen molar-refractivity contribution in [1.82, 2.24) is 24.6 Å². The molecule has 1 aromatic carbocycles. The third-order valence-electron chi connectivity index (χ3n) is 8.47. The smallest absolute Gasteiger partial charge is 0.230 e. The van der Waals surface area contributed by atoms with Crippen LogP contribution in [0.4, 0.5) is 17.3 Å². The van der Waals surface area contributed by atoms with Gasteiger partial charge < -0.3 is 15.0 Å². The maximum Gasteiger partial charge on any atom is 0.230 e. The molecule has 3 saturated heterocycles. The van der Waals surface area contributed by atoms with Crippen LogP contribution in [-0.2, 0) is 9.53 Å². The Hall–Kier alpha value is -3.04. The first-order chi connectivity index (χ1) is 17.1. The van der Waals surface area contributed by atoms with Crippen LogP contribution in [0.15, 0.2) is 30.6 Å². The Kier molecular flexibility index (Phi) is 5.02. The molecule has 3 aromatic rings. The van der Waals surface area contributed by atoms with E-state index in [9.17, 15) is 4.79 Å². The van der Waals surface area contributed by atoms with Gasteiger partial charge in [-0.25, -0.2) is 9.97 Å². The van der Waals surface area contributed by atoms with Crippen molar-refractivity contribution in [2.75, 3.05) is 36.5 Å². The van der Waals surface area contributed by atoms with Crippen LogP contribution in [0.3, 0.4) is 0 Å². The van der Waals surface area contributed by atoms with Crippen molar-refractivity contribution < 1.29 is 9.53 Å². The number of rotatable bonds is 5. The monoisotopic (exact) mass is 473 g/mol. The van der Waals surface area contributed by atoms with E-state index in [2.05, 4.69) is 26.8 Å². The highest BCUT2D eigenvalue weighted by molar-refractivity contribution is 6.00. The van der Waals surface area contributed by atoms with Crippen LogP contribution in [0.5, 0.6) is 0 Å². The molecule has 2 aromatic heterocycles. The summed E-state index contributed by atoms with van der Waals surface area (Å²) in [5.74, 6) is 1.02. The maximum absolute atomic E-state index is 12.7. The molecule has 0 spiro atoms. The molecule has 2 bridgehead atoms. The fourth-order valence-electron chi connectivity index (χ4n) is 6.32. The lowest BCUT2D eigenvalue weighted by Gasteiger charge is -2.41. The minimum absolute atomic E-state index is 0.206. The zero-order chi connectivity index (χ0) is 23.5. The number of fused-ring (bicyclic) bond motifs is 3. The molecular weight excluding hydrogens is 442 g/mol. The minimum Gasteiger partial charge on any atom is -0.378 e. The molecule has 7 rings (SSSR count). The van der Waals surface area contributed by atoms with Crippen LogP contribution < -0.4 is 10.2 Å². The molecule has 2 atom stereocenters. The molecule has 1 aliphatic carbocycles. The molecule has 3 aliphatic heterocycles. The Morgan fingerprint density at radius 3 is 2.63 bits per heavy atom. The summed E-state index contributed by atoms with van der Waals surface area (Å²) < 4.78 is 7.51. The van der Waals surface area contributed by atoms with Gasteiger partial charge in [-0.05, 0) is 57.2 Å². The summed E-state index contributed by atoms with van der Waals surface area (Å²) in [6, 6.07) is 7.42. The number of anilines is 3. The molecule has 9 heteroatoms. The molecule has 1 amide bonds. The number of carbonyl (C=O) groups excluding carboxylic acids is 1. The number of hydrogen-bond donors (Lipinski definition) is 1. The summed E-state index contributed by atoms with van der Waals surface area (Å²) in [5.41, 5.74) is 3.82. The number of carbonyl (C=O) groups is 1. The fourth-order valence-corrected chi connectivity index (χ4v) is 6.32. The number of likely N-dealkylation sites (tertiary alicyclic amines) is 1.